The largest absolute Gasteiger partial charge is 0.440 e. The monoisotopic (exact) mass is 339 g/mol. The third kappa shape index (κ3) is 1.85. The first-order valence-corrected chi connectivity index (χ1v) is 8.68. The lowest BCUT2D eigenvalue weighted by Crippen LogP contribution is -2.30. The minimum absolute atomic E-state index is 0.283. The molecule has 0 spiro atoms. The van der Waals surface area contributed by atoms with Crippen LogP contribution in [-0.4, -0.2) is 11.0 Å². The van der Waals surface area contributed by atoms with Gasteiger partial charge < -0.3 is 9.72 Å². The topological polar surface area (TPSA) is 42.1 Å². The van der Waals surface area contributed by atoms with Gasteiger partial charge in [0.1, 0.15) is 0 Å². The first kappa shape index (κ1) is 15.0. The molecule has 0 amide bonds. The van der Waals surface area contributed by atoms with Gasteiger partial charge in [-0.25, -0.2) is 4.79 Å². The number of ether oxygens (including phenoxy) is 1. The van der Waals surface area contributed by atoms with E-state index in [9.17, 15) is 4.79 Å². The van der Waals surface area contributed by atoms with Gasteiger partial charge in [-0.3, -0.25) is 0 Å². The highest BCUT2D eigenvalue weighted by Crippen LogP contribution is 2.49. The zero-order valence-corrected chi connectivity index (χ0v) is 14.3. The Morgan fingerprint density at radius 3 is 2.38 bits per heavy atom. The van der Waals surface area contributed by atoms with E-state index in [1.807, 2.05) is 79.7 Å². The van der Waals surface area contributed by atoms with Gasteiger partial charge in [0.15, 0.2) is 5.60 Å². The van der Waals surface area contributed by atoms with Crippen LogP contribution in [0.25, 0.3) is 10.9 Å². The fourth-order valence-electron chi connectivity index (χ4n) is 4.16. The normalized spacial score (nSPS) is 18.7. The minimum atomic E-state index is -0.946. The van der Waals surface area contributed by atoms with Crippen LogP contribution in [0.3, 0.4) is 0 Å². The molecule has 0 fully saturated rings. The maximum Gasteiger partial charge on any atom is 0.340 e. The molecule has 1 aliphatic heterocycles. The molecular weight excluding hydrogens is 322 g/mol. The van der Waals surface area contributed by atoms with Crippen LogP contribution in [0.2, 0.25) is 0 Å². The van der Waals surface area contributed by atoms with Crippen LogP contribution in [0.1, 0.15) is 32.7 Å². The number of H-pyrrole nitrogens is 1. The molecule has 1 aliphatic rings. The number of aromatic nitrogens is 1. The number of cyclic esters (lactones) is 1. The molecule has 1 aromatic heterocycles. The number of fused-ring (bicyclic) bond motifs is 2. The first-order valence-electron chi connectivity index (χ1n) is 8.68. The van der Waals surface area contributed by atoms with Crippen molar-refractivity contribution in [2.45, 2.75) is 12.5 Å². The van der Waals surface area contributed by atoms with E-state index in [-0.39, 0.29) is 5.97 Å². The van der Waals surface area contributed by atoms with Crippen molar-refractivity contribution in [3.05, 3.63) is 107 Å². The molecule has 0 saturated heterocycles. The number of nitrogens with one attached hydrogen (secondary N) is 1. The predicted molar refractivity (Wildman–Crippen MR) is 101 cm³/mol. The van der Waals surface area contributed by atoms with Crippen molar-refractivity contribution in [1.82, 2.24) is 4.98 Å². The number of carbonyl (C=O) groups is 1. The molecule has 3 nitrogen and oxygen atoms in total. The summed E-state index contributed by atoms with van der Waals surface area (Å²) in [5.41, 5.74) is 4.56. The Bertz CT molecular complexity index is 1140. The molecule has 1 atom stereocenters. The standard InChI is InChI=1S/C23H17NO2/c1-15-21(18-12-6-8-14-20(18)24-15)23(16-9-3-2-4-10-16)19-13-7-5-11-17(19)22(25)26-23/h2-14,24H,1H3. The second kappa shape index (κ2) is 5.33. The van der Waals surface area contributed by atoms with Gasteiger partial charge in [0, 0.05) is 33.3 Å². The van der Waals surface area contributed by atoms with E-state index in [2.05, 4.69) is 11.1 Å². The third-order valence-corrected chi connectivity index (χ3v) is 5.20. The van der Waals surface area contributed by atoms with Crippen LogP contribution >= 0.6 is 0 Å². The summed E-state index contributed by atoms with van der Waals surface area (Å²) in [6.07, 6.45) is 0. The first-order chi connectivity index (χ1) is 12.7. The summed E-state index contributed by atoms with van der Waals surface area (Å²) in [5.74, 6) is -0.283. The number of esters is 1. The molecule has 0 aliphatic carbocycles. The molecule has 0 radical (unpaired) electrons. The molecule has 3 aromatic carbocycles. The summed E-state index contributed by atoms with van der Waals surface area (Å²) in [6.45, 7) is 2.04. The Morgan fingerprint density at radius 1 is 0.846 bits per heavy atom. The van der Waals surface area contributed by atoms with Gasteiger partial charge >= 0.3 is 5.97 Å². The number of aryl methyl sites for hydroxylation is 1. The predicted octanol–water partition coefficient (Wildman–Crippen LogP) is 4.94. The van der Waals surface area contributed by atoms with E-state index >= 15 is 0 Å². The molecule has 3 heteroatoms. The van der Waals surface area contributed by atoms with Crippen molar-refractivity contribution in [3.8, 4) is 0 Å². The average Bonchev–Trinajstić information content (AvgIpc) is 3.17. The van der Waals surface area contributed by atoms with Crippen molar-refractivity contribution >= 4 is 16.9 Å². The number of aromatic amines is 1. The Hall–Kier alpha value is -3.33. The van der Waals surface area contributed by atoms with E-state index in [0.29, 0.717) is 5.56 Å². The van der Waals surface area contributed by atoms with E-state index in [1.54, 1.807) is 0 Å². The van der Waals surface area contributed by atoms with Gasteiger partial charge in [-0.2, -0.15) is 0 Å². The van der Waals surface area contributed by atoms with E-state index in [1.165, 1.54) is 0 Å². The quantitative estimate of drug-likeness (QED) is 0.526. The smallest absolute Gasteiger partial charge is 0.340 e. The fraction of sp³-hybridized carbons (Fsp3) is 0.0870. The highest BCUT2D eigenvalue weighted by Gasteiger charge is 2.50. The van der Waals surface area contributed by atoms with Gasteiger partial charge in [0.2, 0.25) is 0 Å². The van der Waals surface area contributed by atoms with Crippen LogP contribution in [0.15, 0.2) is 78.9 Å². The zero-order valence-electron chi connectivity index (χ0n) is 14.3. The molecule has 0 saturated carbocycles. The number of hydrogen-bond acceptors (Lipinski definition) is 2. The molecule has 5 rings (SSSR count). The molecule has 1 N–H and O–H groups in total. The van der Waals surface area contributed by atoms with Crippen LogP contribution in [0.4, 0.5) is 0 Å². The third-order valence-electron chi connectivity index (χ3n) is 5.20. The maximum absolute atomic E-state index is 12.8. The van der Waals surface area contributed by atoms with Crippen molar-refractivity contribution in [1.29, 1.82) is 0 Å². The van der Waals surface area contributed by atoms with E-state index < -0.39 is 5.60 Å². The van der Waals surface area contributed by atoms with Crippen LogP contribution in [0, 0.1) is 6.92 Å². The number of hydrogen-bond donors (Lipinski definition) is 1. The second-order valence-electron chi connectivity index (χ2n) is 6.65. The van der Waals surface area contributed by atoms with Crippen LogP contribution < -0.4 is 0 Å². The highest BCUT2D eigenvalue weighted by atomic mass is 16.6. The van der Waals surface area contributed by atoms with Gasteiger partial charge in [-0.15, -0.1) is 0 Å². The molecule has 1 unspecified atom stereocenters. The van der Waals surface area contributed by atoms with Gasteiger partial charge in [-0.05, 0) is 19.1 Å². The number of benzene rings is 3. The fourth-order valence-corrected chi connectivity index (χ4v) is 4.16. The molecule has 0 bridgehead atoms. The summed E-state index contributed by atoms with van der Waals surface area (Å²) in [4.78, 5) is 16.2. The average molecular weight is 339 g/mol. The summed E-state index contributed by atoms with van der Waals surface area (Å²) < 4.78 is 6.18. The second-order valence-corrected chi connectivity index (χ2v) is 6.65. The molecule has 26 heavy (non-hydrogen) atoms. The Morgan fingerprint density at radius 2 is 1.54 bits per heavy atom. The number of carbonyl (C=O) groups excluding carboxylic acids is 1. The molecule has 4 aromatic rings. The van der Waals surface area contributed by atoms with Crippen molar-refractivity contribution in [3.63, 3.8) is 0 Å². The summed E-state index contributed by atoms with van der Waals surface area (Å²) in [6, 6.07) is 25.8. The minimum Gasteiger partial charge on any atom is -0.440 e. The SMILES string of the molecule is Cc1[nH]c2ccccc2c1C1(c2ccccc2)OC(=O)c2ccccc21. The van der Waals surface area contributed by atoms with Crippen molar-refractivity contribution in [2.75, 3.05) is 0 Å². The van der Waals surface area contributed by atoms with E-state index in [4.69, 9.17) is 4.74 Å². The lowest BCUT2D eigenvalue weighted by atomic mass is 9.78. The zero-order chi connectivity index (χ0) is 17.7. The summed E-state index contributed by atoms with van der Waals surface area (Å²) in [5, 5.41) is 1.07. The van der Waals surface area contributed by atoms with Gasteiger partial charge in [0.05, 0.1) is 5.56 Å². The van der Waals surface area contributed by atoms with Crippen LogP contribution in [0.5, 0.6) is 0 Å². The Kier molecular flexibility index (Phi) is 3.07. The Balaban J connectivity index is 1.94. The summed E-state index contributed by atoms with van der Waals surface area (Å²) in [7, 11) is 0. The lowest BCUT2D eigenvalue weighted by molar-refractivity contribution is 0.0254. The Labute approximate surface area is 151 Å². The van der Waals surface area contributed by atoms with E-state index in [0.717, 1.165) is 33.3 Å². The van der Waals surface area contributed by atoms with Crippen LogP contribution in [-0.2, 0) is 10.3 Å². The molecular formula is C23H17NO2. The number of para-hydroxylation sites is 1. The molecule has 2 heterocycles. The number of rotatable bonds is 2. The maximum atomic E-state index is 12.8. The van der Waals surface area contributed by atoms with Gasteiger partial charge in [0.25, 0.3) is 0 Å². The van der Waals surface area contributed by atoms with Gasteiger partial charge in [-0.1, -0.05) is 66.7 Å². The summed E-state index contributed by atoms with van der Waals surface area (Å²) >= 11 is 0. The molecule has 126 valence electrons. The van der Waals surface area contributed by atoms with Crippen molar-refractivity contribution in [2.24, 2.45) is 0 Å². The lowest BCUT2D eigenvalue weighted by Gasteiger charge is -2.30. The highest BCUT2D eigenvalue weighted by molar-refractivity contribution is 5.98. The van der Waals surface area contributed by atoms with Crippen molar-refractivity contribution < 1.29 is 9.53 Å².